The fourth-order valence-corrected chi connectivity index (χ4v) is 2.98. The van der Waals surface area contributed by atoms with Gasteiger partial charge in [-0.2, -0.15) is 0 Å². The Balaban J connectivity index is 1.96. The fraction of sp³-hybridized carbons (Fsp3) is 0.650. The molecule has 24 heavy (non-hydrogen) atoms. The lowest BCUT2D eigenvalue weighted by Gasteiger charge is -2.33. The average molecular weight is 332 g/mol. The van der Waals surface area contributed by atoms with Crippen LogP contribution in [-0.4, -0.2) is 32.2 Å². The molecule has 4 heteroatoms. The molecule has 0 spiro atoms. The van der Waals surface area contributed by atoms with Crippen molar-refractivity contribution in [2.45, 2.75) is 52.7 Å². The van der Waals surface area contributed by atoms with Gasteiger partial charge in [-0.15, -0.1) is 0 Å². The first-order valence-corrected chi connectivity index (χ1v) is 9.16. The van der Waals surface area contributed by atoms with E-state index >= 15 is 0 Å². The number of hydrogen-bond donors (Lipinski definition) is 2. The minimum atomic E-state index is 0.174. The lowest BCUT2D eigenvalue weighted by Crippen LogP contribution is -2.46. The van der Waals surface area contributed by atoms with Crippen molar-refractivity contribution >= 4 is 5.96 Å². The molecule has 3 unspecified atom stereocenters. The van der Waals surface area contributed by atoms with Crippen LogP contribution in [0.4, 0.5) is 0 Å². The number of benzene rings is 1. The Bertz CT molecular complexity index is 524. The summed E-state index contributed by atoms with van der Waals surface area (Å²) >= 11 is 0. The molecule has 1 fully saturated rings. The minimum absolute atomic E-state index is 0.174. The smallest absolute Gasteiger partial charge is 0.191 e. The van der Waals surface area contributed by atoms with Crippen LogP contribution >= 0.6 is 0 Å². The first-order chi connectivity index (χ1) is 11.5. The van der Waals surface area contributed by atoms with Crippen molar-refractivity contribution in [3.63, 3.8) is 0 Å². The highest BCUT2D eigenvalue weighted by atomic mass is 16.5. The molecule has 1 aliphatic heterocycles. The molecule has 0 amide bonds. The summed E-state index contributed by atoms with van der Waals surface area (Å²) in [6.45, 7) is 10.5. The molecule has 1 aliphatic rings. The van der Waals surface area contributed by atoms with Crippen molar-refractivity contribution in [3.05, 3.63) is 35.4 Å². The van der Waals surface area contributed by atoms with E-state index in [0.717, 1.165) is 25.5 Å². The van der Waals surface area contributed by atoms with Crippen LogP contribution < -0.4 is 10.6 Å². The predicted octanol–water partition coefficient (Wildman–Crippen LogP) is 3.67. The monoisotopic (exact) mass is 331 g/mol. The largest absolute Gasteiger partial charge is 0.373 e. The Morgan fingerprint density at radius 2 is 1.96 bits per heavy atom. The second-order valence-electron chi connectivity index (χ2n) is 7.23. The lowest BCUT2D eigenvalue weighted by atomic mass is 9.89. The van der Waals surface area contributed by atoms with Gasteiger partial charge in [-0.3, -0.25) is 4.99 Å². The zero-order valence-electron chi connectivity index (χ0n) is 15.8. The molecule has 0 bridgehead atoms. The molecule has 4 nitrogen and oxygen atoms in total. The average Bonchev–Trinajstić information content (AvgIpc) is 2.59. The van der Waals surface area contributed by atoms with Crippen molar-refractivity contribution in [3.8, 4) is 0 Å². The van der Waals surface area contributed by atoms with E-state index in [-0.39, 0.29) is 6.10 Å². The molecule has 134 valence electrons. The topological polar surface area (TPSA) is 45.7 Å². The van der Waals surface area contributed by atoms with Crippen LogP contribution in [-0.2, 0) is 4.74 Å². The molecule has 1 saturated heterocycles. The van der Waals surface area contributed by atoms with E-state index < -0.39 is 0 Å². The van der Waals surface area contributed by atoms with Gasteiger partial charge in [0.15, 0.2) is 5.96 Å². The quantitative estimate of drug-likeness (QED) is 0.639. The molecular formula is C20H33N3O. The van der Waals surface area contributed by atoms with Crippen LogP contribution in [0.2, 0.25) is 0 Å². The van der Waals surface area contributed by atoms with Gasteiger partial charge >= 0.3 is 0 Å². The molecular weight excluding hydrogens is 298 g/mol. The van der Waals surface area contributed by atoms with Crippen LogP contribution in [0.1, 0.15) is 50.8 Å². The van der Waals surface area contributed by atoms with Gasteiger partial charge in [0.1, 0.15) is 0 Å². The molecule has 2 rings (SSSR count). The van der Waals surface area contributed by atoms with Gasteiger partial charge in [0.2, 0.25) is 0 Å². The van der Waals surface area contributed by atoms with E-state index in [4.69, 9.17) is 4.74 Å². The molecule has 0 saturated carbocycles. The van der Waals surface area contributed by atoms with Crippen molar-refractivity contribution in [1.29, 1.82) is 0 Å². The number of guanidine groups is 1. The van der Waals surface area contributed by atoms with Crippen molar-refractivity contribution < 1.29 is 4.74 Å². The molecule has 0 aromatic heterocycles. The summed E-state index contributed by atoms with van der Waals surface area (Å²) in [4.78, 5) is 4.36. The Morgan fingerprint density at radius 1 is 1.25 bits per heavy atom. The number of hydrogen-bond acceptors (Lipinski definition) is 2. The van der Waals surface area contributed by atoms with Crippen molar-refractivity contribution in [1.82, 2.24) is 10.6 Å². The van der Waals surface area contributed by atoms with Gasteiger partial charge in [0.25, 0.3) is 0 Å². The highest BCUT2D eigenvalue weighted by Gasteiger charge is 2.27. The first kappa shape index (κ1) is 18.8. The maximum atomic E-state index is 6.10. The molecule has 1 aromatic rings. The number of aryl methyl sites for hydroxylation is 1. The molecule has 0 radical (unpaired) electrons. The van der Waals surface area contributed by atoms with E-state index in [1.54, 1.807) is 0 Å². The maximum absolute atomic E-state index is 6.10. The highest BCUT2D eigenvalue weighted by molar-refractivity contribution is 5.79. The number of ether oxygens (including phenoxy) is 1. The third-order valence-corrected chi connectivity index (χ3v) is 4.97. The molecule has 1 heterocycles. The Kier molecular flexibility index (Phi) is 7.10. The van der Waals surface area contributed by atoms with Crippen molar-refractivity contribution in [2.24, 2.45) is 16.8 Å². The van der Waals surface area contributed by atoms with E-state index in [0.29, 0.717) is 17.9 Å². The van der Waals surface area contributed by atoms with Crippen molar-refractivity contribution in [2.75, 3.05) is 20.2 Å². The zero-order valence-corrected chi connectivity index (χ0v) is 15.8. The SMILES string of the molecule is CN=C(NCC1CCCOC1c1ccc(C)cc1)NC(C)C(C)C. The maximum Gasteiger partial charge on any atom is 0.191 e. The third-order valence-electron chi connectivity index (χ3n) is 4.97. The lowest BCUT2D eigenvalue weighted by molar-refractivity contribution is -0.0265. The first-order valence-electron chi connectivity index (χ1n) is 9.16. The van der Waals surface area contributed by atoms with Crippen LogP contribution in [0, 0.1) is 18.8 Å². The Morgan fingerprint density at radius 3 is 2.58 bits per heavy atom. The second-order valence-corrected chi connectivity index (χ2v) is 7.23. The van der Waals surface area contributed by atoms with Gasteiger partial charge < -0.3 is 15.4 Å². The van der Waals surface area contributed by atoms with Crippen LogP contribution in [0.15, 0.2) is 29.3 Å². The van der Waals surface area contributed by atoms with E-state index in [2.05, 4.69) is 67.6 Å². The van der Waals surface area contributed by atoms with Crippen LogP contribution in [0.25, 0.3) is 0 Å². The van der Waals surface area contributed by atoms with Crippen LogP contribution in [0.3, 0.4) is 0 Å². The second kappa shape index (κ2) is 9.07. The molecule has 2 N–H and O–H groups in total. The number of rotatable bonds is 5. The van der Waals surface area contributed by atoms with Gasteiger partial charge in [-0.1, -0.05) is 43.7 Å². The summed E-state index contributed by atoms with van der Waals surface area (Å²) in [5, 5.41) is 6.96. The summed E-state index contributed by atoms with van der Waals surface area (Å²) in [6.07, 6.45) is 2.48. The molecule has 1 aromatic carbocycles. The summed E-state index contributed by atoms with van der Waals surface area (Å²) in [5.41, 5.74) is 2.57. The summed E-state index contributed by atoms with van der Waals surface area (Å²) in [5.74, 6) is 1.92. The van der Waals surface area contributed by atoms with E-state index in [1.807, 2.05) is 7.05 Å². The minimum Gasteiger partial charge on any atom is -0.373 e. The Labute approximate surface area is 147 Å². The summed E-state index contributed by atoms with van der Waals surface area (Å²) in [6, 6.07) is 9.13. The van der Waals surface area contributed by atoms with Crippen LogP contribution in [0.5, 0.6) is 0 Å². The van der Waals surface area contributed by atoms with Gasteiger partial charge in [-0.05, 0) is 38.2 Å². The van der Waals surface area contributed by atoms with Gasteiger partial charge in [0.05, 0.1) is 6.10 Å². The standard InChI is InChI=1S/C20H33N3O/c1-14(2)16(4)23-20(21-5)22-13-18-7-6-12-24-19(18)17-10-8-15(3)9-11-17/h8-11,14,16,18-19H,6-7,12-13H2,1-5H3,(H2,21,22,23). The normalized spacial score (nSPS) is 23.2. The van der Waals surface area contributed by atoms with Gasteiger partial charge in [0, 0.05) is 32.2 Å². The van der Waals surface area contributed by atoms with E-state index in [9.17, 15) is 0 Å². The number of nitrogens with one attached hydrogen (secondary N) is 2. The highest BCUT2D eigenvalue weighted by Crippen LogP contribution is 2.33. The Hall–Kier alpha value is -1.55. The molecule has 0 aliphatic carbocycles. The molecule has 3 atom stereocenters. The van der Waals surface area contributed by atoms with Gasteiger partial charge in [-0.25, -0.2) is 0 Å². The number of nitrogens with zero attached hydrogens (tertiary/aromatic N) is 1. The third kappa shape index (κ3) is 5.23. The zero-order chi connectivity index (χ0) is 17.5. The fourth-order valence-electron chi connectivity index (χ4n) is 2.98. The predicted molar refractivity (Wildman–Crippen MR) is 101 cm³/mol. The summed E-state index contributed by atoms with van der Waals surface area (Å²) < 4.78 is 6.10. The number of aliphatic imine (C=N–C) groups is 1. The summed E-state index contributed by atoms with van der Waals surface area (Å²) in [7, 11) is 1.83. The van der Waals surface area contributed by atoms with E-state index in [1.165, 1.54) is 17.5 Å².